The van der Waals surface area contributed by atoms with E-state index in [0.29, 0.717) is 13.0 Å². The highest BCUT2D eigenvalue weighted by atomic mass is 16.6. The van der Waals surface area contributed by atoms with Crippen LogP contribution in [0.5, 0.6) is 0 Å². The van der Waals surface area contributed by atoms with Crippen molar-refractivity contribution in [2.24, 2.45) is 17.1 Å². The summed E-state index contributed by atoms with van der Waals surface area (Å²) in [4.78, 5) is 27.1. The van der Waals surface area contributed by atoms with Crippen LogP contribution in [-0.2, 0) is 16.0 Å². The second kappa shape index (κ2) is 11.7. The Balaban J connectivity index is 3.08. The molecule has 7 heteroatoms. The van der Waals surface area contributed by atoms with E-state index in [-0.39, 0.29) is 18.4 Å². The molecule has 0 saturated carbocycles. The van der Waals surface area contributed by atoms with Crippen LogP contribution in [0.3, 0.4) is 0 Å². The molecule has 3 atom stereocenters. The highest BCUT2D eigenvalue weighted by molar-refractivity contribution is 5.82. The molecule has 0 fully saturated rings. The lowest BCUT2D eigenvalue weighted by atomic mass is 9.86. The van der Waals surface area contributed by atoms with Gasteiger partial charge in [0.1, 0.15) is 5.60 Å². The quantitative estimate of drug-likeness (QED) is 0.536. The molecule has 32 heavy (non-hydrogen) atoms. The average Bonchev–Trinajstić information content (AvgIpc) is 2.64. The van der Waals surface area contributed by atoms with Gasteiger partial charge >= 0.3 is 6.09 Å². The van der Waals surface area contributed by atoms with Crippen molar-refractivity contribution >= 4 is 12.0 Å². The van der Waals surface area contributed by atoms with Crippen LogP contribution in [0, 0.1) is 11.3 Å². The molecule has 0 saturated heterocycles. The second-order valence-corrected chi connectivity index (χ2v) is 11.0. The summed E-state index contributed by atoms with van der Waals surface area (Å²) >= 11 is 0. The van der Waals surface area contributed by atoms with Crippen LogP contribution in [0.4, 0.5) is 4.79 Å². The molecular formula is C25H43N3O4. The summed E-state index contributed by atoms with van der Waals surface area (Å²) in [5.74, 6) is -0.142. The van der Waals surface area contributed by atoms with E-state index in [0.717, 1.165) is 5.56 Å². The van der Waals surface area contributed by atoms with Crippen LogP contribution in [0.1, 0.15) is 61.0 Å². The standard InChI is InChI=1S/C25H43N3O4/c1-17(2)15-28(23(31)32-25(6,7)8)16-20(29)19(14-18-12-10-9-11-13-18)27-22(30)21(26)24(3,4)5/h9-13,17,19-21,29H,14-16,26H2,1-8H3,(H,27,30). The van der Waals surface area contributed by atoms with Crippen molar-refractivity contribution in [3.05, 3.63) is 35.9 Å². The molecule has 0 spiro atoms. The second-order valence-electron chi connectivity index (χ2n) is 11.0. The van der Waals surface area contributed by atoms with E-state index in [2.05, 4.69) is 5.32 Å². The van der Waals surface area contributed by atoms with E-state index < -0.39 is 35.3 Å². The molecule has 2 amide bonds. The van der Waals surface area contributed by atoms with Crippen molar-refractivity contribution < 1.29 is 19.4 Å². The highest BCUT2D eigenvalue weighted by Gasteiger charge is 2.33. The van der Waals surface area contributed by atoms with E-state index in [9.17, 15) is 14.7 Å². The summed E-state index contributed by atoms with van der Waals surface area (Å²) in [6.07, 6.45) is -1.08. The van der Waals surface area contributed by atoms with Gasteiger partial charge in [0.25, 0.3) is 0 Å². The van der Waals surface area contributed by atoms with Gasteiger partial charge in [-0.25, -0.2) is 4.79 Å². The van der Waals surface area contributed by atoms with Crippen LogP contribution in [0.15, 0.2) is 30.3 Å². The number of hydrogen-bond acceptors (Lipinski definition) is 5. The molecule has 4 N–H and O–H groups in total. The van der Waals surface area contributed by atoms with Gasteiger partial charge in [-0.1, -0.05) is 65.0 Å². The smallest absolute Gasteiger partial charge is 0.410 e. The largest absolute Gasteiger partial charge is 0.444 e. The Kier molecular flexibility index (Phi) is 10.2. The number of ether oxygens (including phenoxy) is 1. The van der Waals surface area contributed by atoms with Crippen LogP contribution in [0.25, 0.3) is 0 Å². The van der Waals surface area contributed by atoms with Crippen molar-refractivity contribution in [1.29, 1.82) is 0 Å². The van der Waals surface area contributed by atoms with Crippen LogP contribution in [0.2, 0.25) is 0 Å². The molecule has 0 aromatic heterocycles. The topological polar surface area (TPSA) is 105 Å². The number of carbonyl (C=O) groups is 2. The minimum Gasteiger partial charge on any atom is -0.444 e. The lowest BCUT2D eigenvalue weighted by Crippen LogP contribution is -2.56. The predicted octanol–water partition coefficient (Wildman–Crippen LogP) is 3.34. The molecule has 0 radical (unpaired) electrons. The van der Waals surface area contributed by atoms with E-state index in [1.165, 1.54) is 4.90 Å². The zero-order valence-corrected chi connectivity index (χ0v) is 21.0. The minimum atomic E-state index is -1.00. The van der Waals surface area contributed by atoms with Crippen LogP contribution < -0.4 is 11.1 Å². The van der Waals surface area contributed by atoms with E-state index in [1.54, 1.807) is 20.8 Å². The van der Waals surface area contributed by atoms with E-state index in [1.807, 2.05) is 65.0 Å². The zero-order chi connectivity index (χ0) is 24.7. The highest BCUT2D eigenvalue weighted by Crippen LogP contribution is 2.19. The van der Waals surface area contributed by atoms with Gasteiger partial charge in [-0.05, 0) is 44.1 Å². The van der Waals surface area contributed by atoms with Crippen molar-refractivity contribution in [3.63, 3.8) is 0 Å². The third kappa shape index (κ3) is 10.0. The van der Waals surface area contributed by atoms with Gasteiger partial charge in [0, 0.05) is 6.54 Å². The number of aliphatic hydroxyl groups excluding tert-OH is 1. The molecule has 0 heterocycles. The maximum absolute atomic E-state index is 12.8. The molecular weight excluding hydrogens is 406 g/mol. The summed E-state index contributed by atoms with van der Waals surface area (Å²) in [5.41, 5.74) is 6.04. The molecule has 0 bridgehead atoms. The SMILES string of the molecule is CC(C)CN(CC(O)C(Cc1ccccc1)NC(=O)C(N)C(C)(C)C)C(=O)OC(C)(C)C. The first-order chi connectivity index (χ1) is 14.6. The van der Waals surface area contributed by atoms with Crippen molar-refractivity contribution in [2.45, 2.75) is 85.6 Å². The van der Waals surface area contributed by atoms with Gasteiger partial charge in [-0.2, -0.15) is 0 Å². The minimum absolute atomic E-state index is 0.0373. The summed E-state index contributed by atoms with van der Waals surface area (Å²) in [7, 11) is 0. The van der Waals surface area contributed by atoms with Gasteiger partial charge < -0.3 is 25.8 Å². The first-order valence-electron chi connectivity index (χ1n) is 11.4. The number of nitrogens with one attached hydrogen (secondary N) is 1. The van der Waals surface area contributed by atoms with Gasteiger partial charge in [0.15, 0.2) is 0 Å². The molecule has 7 nitrogen and oxygen atoms in total. The number of amides is 2. The monoisotopic (exact) mass is 449 g/mol. The molecule has 0 aliphatic carbocycles. The maximum Gasteiger partial charge on any atom is 0.410 e. The van der Waals surface area contributed by atoms with Gasteiger partial charge in [0.05, 0.1) is 24.7 Å². The van der Waals surface area contributed by atoms with Crippen LogP contribution in [-0.4, -0.2) is 58.9 Å². The number of nitrogens with two attached hydrogens (primary N) is 1. The molecule has 0 aliphatic rings. The maximum atomic E-state index is 12.8. The van der Waals surface area contributed by atoms with Crippen LogP contribution >= 0.6 is 0 Å². The average molecular weight is 450 g/mol. The number of carbonyl (C=O) groups excluding carboxylic acids is 2. The van der Waals surface area contributed by atoms with Gasteiger partial charge in [-0.3, -0.25) is 4.79 Å². The summed E-state index contributed by atoms with van der Waals surface area (Å²) < 4.78 is 5.53. The molecule has 1 rings (SSSR count). The molecule has 3 unspecified atom stereocenters. The summed E-state index contributed by atoms with van der Waals surface area (Å²) in [6.45, 7) is 15.6. The number of rotatable bonds is 9. The Hall–Kier alpha value is -2.12. The summed E-state index contributed by atoms with van der Waals surface area (Å²) in [5, 5.41) is 14.1. The predicted molar refractivity (Wildman–Crippen MR) is 128 cm³/mol. The summed E-state index contributed by atoms with van der Waals surface area (Å²) in [6, 6.07) is 8.27. The Morgan fingerprint density at radius 3 is 2.09 bits per heavy atom. The Morgan fingerprint density at radius 2 is 1.62 bits per heavy atom. The van der Waals surface area contributed by atoms with E-state index in [4.69, 9.17) is 10.5 Å². The number of benzene rings is 1. The van der Waals surface area contributed by atoms with E-state index >= 15 is 0 Å². The number of hydrogen-bond donors (Lipinski definition) is 3. The Labute approximate surface area is 193 Å². The normalized spacial score (nSPS) is 15.1. The van der Waals surface area contributed by atoms with Gasteiger partial charge in [-0.15, -0.1) is 0 Å². The third-order valence-electron chi connectivity index (χ3n) is 4.95. The fourth-order valence-corrected chi connectivity index (χ4v) is 3.16. The third-order valence-corrected chi connectivity index (χ3v) is 4.95. The first-order valence-corrected chi connectivity index (χ1v) is 11.4. The lowest BCUT2D eigenvalue weighted by molar-refractivity contribution is -0.126. The first kappa shape index (κ1) is 27.9. The number of aliphatic hydroxyl groups is 1. The molecule has 1 aromatic rings. The molecule has 182 valence electrons. The van der Waals surface area contributed by atoms with Crippen molar-refractivity contribution in [3.8, 4) is 0 Å². The number of nitrogens with zero attached hydrogens (tertiary/aromatic N) is 1. The van der Waals surface area contributed by atoms with Crippen molar-refractivity contribution in [2.75, 3.05) is 13.1 Å². The Morgan fingerprint density at radius 1 is 1.06 bits per heavy atom. The molecule has 1 aromatic carbocycles. The lowest BCUT2D eigenvalue weighted by Gasteiger charge is -2.34. The van der Waals surface area contributed by atoms with Crippen molar-refractivity contribution in [1.82, 2.24) is 10.2 Å². The zero-order valence-electron chi connectivity index (χ0n) is 21.0. The Bertz CT molecular complexity index is 723. The fourth-order valence-electron chi connectivity index (χ4n) is 3.16. The fraction of sp³-hybridized carbons (Fsp3) is 0.680. The van der Waals surface area contributed by atoms with Gasteiger partial charge in [0.2, 0.25) is 5.91 Å². The molecule has 0 aliphatic heterocycles.